The lowest BCUT2D eigenvalue weighted by molar-refractivity contribution is -0.114. The summed E-state index contributed by atoms with van der Waals surface area (Å²) >= 11 is 1.21. The molecule has 1 amide bonds. The van der Waals surface area contributed by atoms with Gasteiger partial charge in [0.15, 0.2) is 16.6 Å². The van der Waals surface area contributed by atoms with E-state index in [1.165, 1.54) is 22.3 Å². The molecule has 7 nitrogen and oxygen atoms in total. The molecule has 1 N–H and O–H groups in total. The van der Waals surface area contributed by atoms with Gasteiger partial charge in [-0.15, -0.1) is 0 Å². The predicted molar refractivity (Wildman–Crippen MR) is 123 cm³/mol. The van der Waals surface area contributed by atoms with Gasteiger partial charge in [-0.2, -0.15) is 15.1 Å². The molecule has 154 valence electrons. The van der Waals surface area contributed by atoms with Crippen LogP contribution >= 0.6 is 11.8 Å². The first-order valence-electron chi connectivity index (χ1n) is 9.83. The average Bonchev–Trinajstić information content (AvgIpc) is 3.51. The Morgan fingerprint density at radius 2 is 1.94 bits per heavy atom. The first-order valence-corrected chi connectivity index (χ1v) is 10.6. The number of aromatic nitrogens is 1. The van der Waals surface area contributed by atoms with Crippen LogP contribution in [0.15, 0.2) is 81.1 Å². The summed E-state index contributed by atoms with van der Waals surface area (Å²) in [6, 6.07) is 15.7. The molecular formula is C23H19N5O2S. The van der Waals surface area contributed by atoms with Crippen LogP contribution < -0.4 is 0 Å². The molecule has 0 saturated carbocycles. The normalized spacial score (nSPS) is 17.4. The second-order valence-corrected chi connectivity index (χ2v) is 8.41. The molecule has 0 bridgehead atoms. The Hall–Kier alpha value is -3.65. The number of hydrogen-bond donors (Lipinski definition) is 1. The Balaban J connectivity index is 1.48. The number of nitrogens with one attached hydrogen (secondary N) is 1. The topological polar surface area (TPSA) is 86.9 Å². The van der Waals surface area contributed by atoms with Crippen LogP contribution in [0, 0.1) is 5.41 Å². The van der Waals surface area contributed by atoms with Crippen LogP contribution in [-0.2, 0) is 4.79 Å². The molecule has 0 fully saturated rings. The molecule has 0 atom stereocenters. The summed E-state index contributed by atoms with van der Waals surface area (Å²) in [5, 5.41) is 15.3. The van der Waals surface area contributed by atoms with Gasteiger partial charge in [0.2, 0.25) is 5.17 Å². The summed E-state index contributed by atoms with van der Waals surface area (Å²) < 4.78 is 7.36. The zero-order chi connectivity index (χ0) is 21.5. The number of fused-ring (bicyclic) bond motifs is 1. The molecular weight excluding hydrogens is 410 g/mol. The Bertz CT molecular complexity index is 1260. The predicted octanol–water partition coefficient (Wildman–Crippen LogP) is 4.86. The van der Waals surface area contributed by atoms with Gasteiger partial charge in [0.25, 0.3) is 5.91 Å². The average molecular weight is 430 g/mol. The molecule has 1 aromatic carbocycles. The van der Waals surface area contributed by atoms with Crippen LogP contribution in [0.4, 0.5) is 0 Å². The number of benzene rings is 1. The van der Waals surface area contributed by atoms with Crippen molar-refractivity contribution >= 4 is 39.8 Å². The number of carbonyl (C=O) groups excluding carboxylic acids is 1. The lowest BCUT2D eigenvalue weighted by atomic mass is 10.0. The lowest BCUT2D eigenvalue weighted by Gasteiger charge is -2.20. The van der Waals surface area contributed by atoms with Crippen LogP contribution in [0.2, 0.25) is 0 Å². The van der Waals surface area contributed by atoms with Crippen LogP contribution in [0.3, 0.4) is 0 Å². The van der Waals surface area contributed by atoms with Crippen molar-refractivity contribution in [2.24, 2.45) is 10.1 Å². The van der Waals surface area contributed by atoms with E-state index >= 15 is 0 Å². The molecule has 8 heteroatoms. The Labute approximate surface area is 183 Å². The van der Waals surface area contributed by atoms with E-state index in [9.17, 15) is 4.79 Å². The minimum atomic E-state index is -0.456. The number of thioether (sulfide) groups is 1. The molecule has 2 aliphatic rings. The fourth-order valence-electron chi connectivity index (χ4n) is 3.41. The summed E-state index contributed by atoms with van der Waals surface area (Å²) in [7, 11) is 0. The number of furan rings is 1. The van der Waals surface area contributed by atoms with Gasteiger partial charge in [-0.05, 0) is 65.7 Å². The van der Waals surface area contributed by atoms with Crippen LogP contribution in [-0.4, -0.2) is 31.5 Å². The molecule has 31 heavy (non-hydrogen) atoms. The maximum Gasteiger partial charge on any atom is 0.283 e. The minimum Gasteiger partial charge on any atom is -0.462 e. The van der Waals surface area contributed by atoms with Crippen molar-refractivity contribution < 1.29 is 9.21 Å². The van der Waals surface area contributed by atoms with Crippen LogP contribution in [0.5, 0.6) is 0 Å². The number of amidine groups is 2. The molecule has 0 radical (unpaired) electrons. The number of aliphatic imine (C=N–C) groups is 1. The molecule has 4 heterocycles. The number of hydrogen-bond acceptors (Lipinski definition) is 5. The molecule has 0 spiro atoms. The summed E-state index contributed by atoms with van der Waals surface area (Å²) in [5.74, 6) is 0.568. The summed E-state index contributed by atoms with van der Waals surface area (Å²) in [5.41, 5.74) is 3.22. The highest BCUT2D eigenvalue weighted by atomic mass is 32.2. The van der Waals surface area contributed by atoms with Crippen LogP contribution in [0.1, 0.15) is 36.8 Å². The monoisotopic (exact) mass is 429 g/mol. The first-order chi connectivity index (χ1) is 15.0. The number of rotatable bonds is 4. The zero-order valence-electron chi connectivity index (χ0n) is 16.9. The van der Waals surface area contributed by atoms with Crippen molar-refractivity contribution in [3.63, 3.8) is 0 Å². The molecule has 0 aliphatic carbocycles. The van der Waals surface area contributed by atoms with E-state index in [0.717, 1.165) is 11.4 Å². The van der Waals surface area contributed by atoms with E-state index in [2.05, 4.69) is 48.2 Å². The molecule has 0 unspecified atom stereocenters. The van der Waals surface area contributed by atoms with Crippen molar-refractivity contribution in [1.29, 1.82) is 5.41 Å². The van der Waals surface area contributed by atoms with E-state index in [1.807, 2.05) is 22.9 Å². The second-order valence-electron chi connectivity index (χ2n) is 7.45. The number of hydrazone groups is 1. The Kier molecular flexibility index (Phi) is 4.71. The molecule has 3 aromatic rings. The number of nitrogens with zero attached hydrogens (tertiary/aromatic N) is 4. The third kappa shape index (κ3) is 3.44. The highest BCUT2D eigenvalue weighted by Gasteiger charge is 2.36. The first kappa shape index (κ1) is 19.3. The quantitative estimate of drug-likeness (QED) is 0.600. The molecule has 2 aliphatic heterocycles. The van der Waals surface area contributed by atoms with Gasteiger partial charge in [-0.1, -0.05) is 26.0 Å². The van der Waals surface area contributed by atoms with Gasteiger partial charge in [0, 0.05) is 17.6 Å². The molecule has 2 aromatic heterocycles. The van der Waals surface area contributed by atoms with Gasteiger partial charge in [0.05, 0.1) is 11.8 Å². The summed E-state index contributed by atoms with van der Waals surface area (Å²) in [6.07, 6.45) is 5.18. The van der Waals surface area contributed by atoms with Crippen molar-refractivity contribution in [3.8, 4) is 5.69 Å². The van der Waals surface area contributed by atoms with Gasteiger partial charge in [-0.3, -0.25) is 10.2 Å². The van der Waals surface area contributed by atoms with E-state index in [4.69, 9.17) is 9.83 Å². The van der Waals surface area contributed by atoms with Gasteiger partial charge in [-0.25, -0.2) is 0 Å². The SMILES string of the molecule is CC(C)c1ccc(-n2cccc2/C=C2/C(=N)N3N=C(c4ccco4)SC3=NC2=O)cc1. The fraction of sp³-hybridized carbons (Fsp3) is 0.130. The van der Waals surface area contributed by atoms with E-state index in [0.29, 0.717) is 21.9 Å². The number of carbonyl (C=O) groups is 1. The highest BCUT2D eigenvalue weighted by Crippen LogP contribution is 2.31. The van der Waals surface area contributed by atoms with Crippen molar-refractivity contribution in [3.05, 3.63) is 83.6 Å². The van der Waals surface area contributed by atoms with Gasteiger partial charge >= 0.3 is 0 Å². The fourth-order valence-corrected chi connectivity index (χ4v) is 4.27. The summed E-state index contributed by atoms with van der Waals surface area (Å²) in [4.78, 5) is 16.9. The van der Waals surface area contributed by atoms with Crippen LogP contribution in [0.25, 0.3) is 11.8 Å². The largest absolute Gasteiger partial charge is 0.462 e. The Morgan fingerprint density at radius 1 is 1.13 bits per heavy atom. The summed E-state index contributed by atoms with van der Waals surface area (Å²) in [6.45, 7) is 4.32. The highest BCUT2D eigenvalue weighted by molar-refractivity contribution is 8.27. The van der Waals surface area contributed by atoms with E-state index in [1.54, 1.807) is 24.5 Å². The molecule has 0 saturated heterocycles. The molecule has 5 rings (SSSR count). The second kappa shape index (κ2) is 7.55. The van der Waals surface area contributed by atoms with Gasteiger partial charge in [0.1, 0.15) is 0 Å². The zero-order valence-corrected chi connectivity index (χ0v) is 17.8. The maximum absolute atomic E-state index is 12.7. The smallest absolute Gasteiger partial charge is 0.283 e. The minimum absolute atomic E-state index is 0.00744. The lowest BCUT2D eigenvalue weighted by Crippen LogP contribution is -2.35. The van der Waals surface area contributed by atoms with E-state index in [-0.39, 0.29) is 11.4 Å². The van der Waals surface area contributed by atoms with Gasteiger partial charge < -0.3 is 8.98 Å². The van der Waals surface area contributed by atoms with Crippen molar-refractivity contribution in [1.82, 2.24) is 9.58 Å². The Morgan fingerprint density at radius 3 is 2.65 bits per heavy atom. The van der Waals surface area contributed by atoms with Crippen molar-refractivity contribution in [2.75, 3.05) is 0 Å². The van der Waals surface area contributed by atoms with Crippen molar-refractivity contribution in [2.45, 2.75) is 19.8 Å². The standard InChI is InChI=1S/C23H19N5O2S/c1-14(2)15-7-9-16(10-8-15)27-11-3-5-17(27)13-18-20(24)28-23(25-21(18)29)31-22(26-28)19-6-4-12-30-19/h3-14,24H,1-2H3/b18-13-,24-20?. The third-order valence-electron chi connectivity index (χ3n) is 5.10. The van der Waals surface area contributed by atoms with E-state index < -0.39 is 5.91 Å². The maximum atomic E-state index is 12.7. The third-order valence-corrected chi connectivity index (χ3v) is 6.02. The number of amides is 1.